The first-order valence-corrected chi connectivity index (χ1v) is 9.91. The minimum absolute atomic E-state index is 0.186. The number of carbonyl (C=O) groups is 2. The third-order valence-corrected chi connectivity index (χ3v) is 5.72. The predicted octanol–water partition coefficient (Wildman–Crippen LogP) is 5.59. The van der Waals surface area contributed by atoms with Crippen molar-refractivity contribution < 1.29 is 24.5 Å². The zero-order chi connectivity index (χ0) is 21.6. The molecule has 1 atom stereocenters. The second kappa shape index (κ2) is 7.32. The first-order valence-electron chi connectivity index (χ1n) is 9.53. The summed E-state index contributed by atoms with van der Waals surface area (Å²) in [4.78, 5) is 31.3. The average Bonchev–Trinajstić information content (AvgIpc) is 2.81. The minimum atomic E-state index is -2.03. The Balaban J connectivity index is 1.71. The minimum Gasteiger partial charge on any atom is -0.418 e. The third-order valence-electron chi connectivity index (χ3n) is 5.48. The molecule has 0 radical (unpaired) electrons. The Kier molecular flexibility index (Phi) is 4.59. The zero-order valence-electron chi connectivity index (χ0n) is 16.0. The van der Waals surface area contributed by atoms with Gasteiger partial charge in [0.2, 0.25) is 0 Å². The largest absolute Gasteiger partial charge is 0.418 e. The first-order chi connectivity index (χ1) is 15.0. The quantitative estimate of drug-likeness (QED) is 0.199. The number of ketones is 1. The number of halogens is 1. The third kappa shape index (κ3) is 2.94. The smallest absolute Gasteiger partial charge is 0.341 e. The lowest BCUT2D eigenvalue weighted by Crippen LogP contribution is -2.41. The summed E-state index contributed by atoms with van der Waals surface area (Å²) in [6, 6.07) is 23.7. The Bertz CT molecular complexity index is 1360. The fourth-order valence-electron chi connectivity index (χ4n) is 4.07. The molecule has 6 heteroatoms. The molecule has 1 N–H and O–H groups in total. The SMILES string of the molecule is O=C1c2ccccc2C(OO)(OC(=O)c2cccc3ccccc23)c2ccc(Cl)cc21. The van der Waals surface area contributed by atoms with Gasteiger partial charge in [0, 0.05) is 27.3 Å². The van der Waals surface area contributed by atoms with Gasteiger partial charge < -0.3 is 4.74 Å². The molecule has 0 saturated heterocycles. The molecule has 5 nitrogen and oxygen atoms in total. The maximum absolute atomic E-state index is 13.3. The van der Waals surface area contributed by atoms with Crippen LogP contribution in [0.25, 0.3) is 10.8 Å². The zero-order valence-corrected chi connectivity index (χ0v) is 16.8. The monoisotopic (exact) mass is 430 g/mol. The first kappa shape index (κ1) is 19.5. The van der Waals surface area contributed by atoms with Crippen LogP contribution < -0.4 is 0 Å². The maximum atomic E-state index is 13.3. The van der Waals surface area contributed by atoms with E-state index >= 15 is 0 Å². The highest BCUT2D eigenvalue weighted by atomic mass is 35.5. The lowest BCUT2D eigenvalue weighted by Gasteiger charge is -2.36. The predicted molar refractivity (Wildman–Crippen MR) is 115 cm³/mol. The molecule has 4 aromatic rings. The molecule has 1 aliphatic carbocycles. The van der Waals surface area contributed by atoms with Crippen LogP contribution in [0.2, 0.25) is 5.02 Å². The number of benzene rings is 4. The normalized spacial score (nSPS) is 17.2. The second-order valence-electron chi connectivity index (χ2n) is 7.19. The van der Waals surface area contributed by atoms with Crippen molar-refractivity contribution in [1.29, 1.82) is 0 Å². The average molecular weight is 431 g/mol. The summed E-state index contributed by atoms with van der Waals surface area (Å²) in [5.41, 5.74) is 1.16. The Labute approximate surface area is 182 Å². The van der Waals surface area contributed by atoms with Crippen LogP contribution in [-0.2, 0) is 15.4 Å². The number of ether oxygens (including phenoxy) is 1. The Morgan fingerprint density at radius 3 is 2.39 bits per heavy atom. The van der Waals surface area contributed by atoms with Crippen LogP contribution in [0, 0.1) is 0 Å². The molecule has 0 spiro atoms. The number of hydrogen-bond acceptors (Lipinski definition) is 5. The summed E-state index contributed by atoms with van der Waals surface area (Å²) >= 11 is 6.11. The summed E-state index contributed by atoms with van der Waals surface area (Å²) in [7, 11) is 0. The molecule has 0 aromatic heterocycles. The van der Waals surface area contributed by atoms with Gasteiger partial charge in [0.05, 0.1) is 5.56 Å². The van der Waals surface area contributed by atoms with Gasteiger partial charge in [-0.2, -0.15) is 4.89 Å². The number of fused-ring (bicyclic) bond motifs is 3. The molecule has 1 unspecified atom stereocenters. The van der Waals surface area contributed by atoms with Crippen LogP contribution in [0.3, 0.4) is 0 Å². The molecule has 4 aromatic carbocycles. The topological polar surface area (TPSA) is 72.8 Å². The van der Waals surface area contributed by atoms with Crippen molar-refractivity contribution in [3.8, 4) is 0 Å². The molecule has 152 valence electrons. The van der Waals surface area contributed by atoms with Crippen molar-refractivity contribution in [2.45, 2.75) is 5.79 Å². The Hall–Kier alpha value is -3.51. The fraction of sp³-hybridized carbons (Fsp3) is 0.0400. The van der Waals surface area contributed by atoms with E-state index in [-0.39, 0.29) is 28.0 Å². The molecule has 1 aliphatic rings. The number of hydrogen-bond donors (Lipinski definition) is 1. The summed E-state index contributed by atoms with van der Waals surface area (Å²) in [5, 5.41) is 12.0. The fourth-order valence-corrected chi connectivity index (χ4v) is 4.24. The van der Waals surface area contributed by atoms with Crippen molar-refractivity contribution in [2.75, 3.05) is 0 Å². The molecule has 0 amide bonds. The Morgan fingerprint density at radius 2 is 1.55 bits per heavy atom. The second-order valence-corrected chi connectivity index (χ2v) is 7.63. The summed E-state index contributed by atoms with van der Waals surface area (Å²) in [6.45, 7) is 0. The van der Waals surface area contributed by atoms with Crippen LogP contribution >= 0.6 is 11.6 Å². The molecule has 0 aliphatic heterocycles. The maximum Gasteiger partial charge on any atom is 0.341 e. The molecular formula is C25H15ClO5. The van der Waals surface area contributed by atoms with E-state index in [0.717, 1.165) is 5.39 Å². The molecule has 5 rings (SSSR count). The van der Waals surface area contributed by atoms with Crippen LogP contribution in [0.15, 0.2) is 84.9 Å². The number of rotatable bonds is 3. The van der Waals surface area contributed by atoms with Gasteiger partial charge in [-0.25, -0.2) is 10.1 Å². The highest BCUT2D eigenvalue weighted by Gasteiger charge is 2.49. The van der Waals surface area contributed by atoms with Gasteiger partial charge in [-0.05, 0) is 35.0 Å². The van der Waals surface area contributed by atoms with Crippen molar-refractivity contribution in [1.82, 2.24) is 0 Å². The van der Waals surface area contributed by atoms with E-state index in [2.05, 4.69) is 0 Å². The highest BCUT2D eigenvalue weighted by molar-refractivity contribution is 6.31. The molecule has 0 saturated carbocycles. The van der Waals surface area contributed by atoms with Crippen LogP contribution in [0.4, 0.5) is 0 Å². The summed E-state index contributed by atoms with van der Waals surface area (Å²) in [5.74, 6) is -3.05. The van der Waals surface area contributed by atoms with E-state index in [9.17, 15) is 14.8 Å². The highest BCUT2D eigenvalue weighted by Crippen LogP contribution is 2.44. The lowest BCUT2D eigenvalue weighted by molar-refractivity contribution is -0.380. The van der Waals surface area contributed by atoms with Gasteiger partial charge in [0.1, 0.15) is 0 Å². The van der Waals surface area contributed by atoms with E-state index in [4.69, 9.17) is 21.2 Å². The standard InChI is InChI=1S/C25H15ClO5/c26-16-12-13-22-20(14-16)23(27)19-9-3-4-11-21(19)25(22,31-29)30-24(28)18-10-5-7-15-6-1-2-8-17(15)18/h1-14,29H. The van der Waals surface area contributed by atoms with E-state index in [1.54, 1.807) is 42.5 Å². The number of carbonyl (C=O) groups excluding carboxylic acids is 2. The molecule has 31 heavy (non-hydrogen) atoms. The van der Waals surface area contributed by atoms with Crippen molar-refractivity contribution in [3.63, 3.8) is 0 Å². The van der Waals surface area contributed by atoms with E-state index < -0.39 is 11.8 Å². The van der Waals surface area contributed by atoms with Crippen molar-refractivity contribution in [2.24, 2.45) is 0 Å². The van der Waals surface area contributed by atoms with Crippen LogP contribution in [0.1, 0.15) is 37.4 Å². The van der Waals surface area contributed by atoms with Gasteiger partial charge in [0.25, 0.3) is 5.79 Å². The van der Waals surface area contributed by atoms with Crippen molar-refractivity contribution in [3.05, 3.63) is 118 Å². The van der Waals surface area contributed by atoms with Gasteiger partial charge in [0.15, 0.2) is 5.78 Å². The summed E-state index contributed by atoms with van der Waals surface area (Å²) < 4.78 is 5.86. The molecular weight excluding hydrogens is 416 g/mol. The van der Waals surface area contributed by atoms with Crippen LogP contribution in [0.5, 0.6) is 0 Å². The van der Waals surface area contributed by atoms with E-state index in [0.29, 0.717) is 16.0 Å². The molecule has 0 bridgehead atoms. The van der Waals surface area contributed by atoms with Crippen LogP contribution in [-0.4, -0.2) is 17.0 Å². The number of esters is 1. The summed E-state index contributed by atoms with van der Waals surface area (Å²) in [6.07, 6.45) is 0. The Morgan fingerprint density at radius 1 is 0.839 bits per heavy atom. The molecule has 0 heterocycles. The van der Waals surface area contributed by atoms with E-state index in [1.165, 1.54) is 12.1 Å². The van der Waals surface area contributed by atoms with E-state index in [1.807, 2.05) is 30.3 Å². The van der Waals surface area contributed by atoms with Gasteiger partial charge in [-0.1, -0.05) is 72.3 Å². The van der Waals surface area contributed by atoms with Gasteiger partial charge >= 0.3 is 5.97 Å². The lowest BCUT2D eigenvalue weighted by atomic mass is 9.80. The van der Waals surface area contributed by atoms with Gasteiger partial charge in [-0.15, -0.1) is 0 Å². The van der Waals surface area contributed by atoms with Crippen molar-refractivity contribution >= 4 is 34.1 Å². The molecule has 0 fully saturated rings. The van der Waals surface area contributed by atoms with Gasteiger partial charge in [-0.3, -0.25) is 4.79 Å².